The van der Waals surface area contributed by atoms with Crippen molar-refractivity contribution in [1.82, 2.24) is 0 Å². The van der Waals surface area contributed by atoms with Gasteiger partial charge in [0.25, 0.3) is 0 Å². The molecule has 4 heteroatoms. The summed E-state index contributed by atoms with van der Waals surface area (Å²) in [6.45, 7) is 2.64. The van der Waals surface area contributed by atoms with Crippen LogP contribution in [-0.2, 0) is 0 Å². The molecule has 0 unspecified atom stereocenters. The van der Waals surface area contributed by atoms with Crippen molar-refractivity contribution in [3.63, 3.8) is 0 Å². The third kappa shape index (κ3) is 1.10. The number of aliphatic hydroxyl groups excluding tert-OH is 2. The van der Waals surface area contributed by atoms with Gasteiger partial charge < -0.3 is 10.2 Å². The number of hydrogen-bond acceptors (Lipinski definition) is 2. The standard InChI is InChI=1S/C7H10BFO2/c1-4-5(8)2-6(11)7(4,9)3-10/h5-6,10-11H,1-3H2/t5-,6-,7+/m0/s1. The predicted octanol–water partition coefficient (Wildman–Crippen LogP) is -0.0352. The van der Waals surface area contributed by atoms with Crippen LogP contribution >= 0.6 is 0 Å². The van der Waals surface area contributed by atoms with Crippen molar-refractivity contribution in [3.8, 4) is 0 Å². The van der Waals surface area contributed by atoms with Crippen LogP contribution in [0.4, 0.5) is 4.39 Å². The summed E-state index contributed by atoms with van der Waals surface area (Å²) in [6.07, 6.45) is -1.08. The zero-order valence-corrected chi connectivity index (χ0v) is 6.13. The van der Waals surface area contributed by atoms with Crippen LogP contribution in [-0.4, -0.2) is 36.4 Å². The van der Waals surface area contributed by atoms with E-state index in [1.165, 1.54) is 0 Å². The molecule has 1 rings (SSSR count). The molecule has 1 aliphatic carbocycles. The molecule has 60 valence electrons. The second kappa shape index (κ2) is 2.61. The van der Waals surface area contributed by atoms with Crippen molar-refractivity contribution in [1.29, 1.82) is 0 Å². The summed E-state index contributed by atoms with van der Waals surface area (Å²) in [6, 6.07) is 0. The minimum absolute atomic E-state index is 0.0903. The normalized spacial score (nSPS) is 44.8. The first-order valence-electron chi connectivity index (χ1n) is 3.45. The molecule has 0 bridgehead atoms. The fraction of sp³-hybridized carbons (Fsp3) is 0.714. The highest BCUT2D eigenvalue weighted by Crippen LogP contribution is 2.43. The SMILES string of the molecule is [B][C@H]1C[C@H](O)[C@@](F)(CO)C1=C. The van der Waals surface area contributed by atoms with Crippen molar-refractivity contribution in [2.45, 2.75) is 24.0 Å². The Morgan fingerprint density at radius 1 is 1.82 bits per heavy atom. The Balaban J connectivity index is 2.87. The molecular weight excluding hydrogens is 146 g/mol. The van der Waals surface area contributed by atoms with Gasteiger partial charge in [-0.05, 0) is 12.0 Å². The smallest absolute Gasteiger partial charge is 0.179 e. The Morgan fingerprint density at radius 2 is 2.36 bits per heavy atom. The fourth-order valence-corrected chi connectivity index (χ4v) is 1.30. The molecule has 1 saturated carbocycles. The first-order valence-corrected chi connectivity index (χ1v) is 3.45. The molecule has 0 spiro atoms. The van der Waals surface area contributed by atoms with Gasteiger partial charge in [-0.3, -0.25) is 0 Å². The third-order valence-corrected chi connectivity index (χ3v) is 2.22. The molecule has 2 radical (unpaired) electrons. The number of hydrogen-bond donors (Lipinski definition) is 2. The number of alkyl halides is 1. The Hall–Kier alpha value is -0.345. The average molecular weight is 156 g/mol. The molecule has 1 aliphatic rings. The number of aliphatic hydroxyl groups is 2. The maximum absolute atomic E-state index is 13.4. The van der Waals surface area contributed by atoms with Gasteiger partial charge in [-0.25, -0.2) is 4.39 Å². The summed E-state index contributed by atoms with van der Waals surface area (Å²) in [4.78, 5) is 0. The molecule has 0 aromatic carbocycles. The van der Waals surface area contributed by atoms with Crippen molar-refractivity contribution in [2.75, 3.05) is 6.61 Å². The van der Waals surface area contributed by atoms with Crippen molar-refractivity contribution in [3.05, 3.63) is 12.2 Å². The highest BCUT2D eigenvalue weighted by Gasteiger charge is 2.48. The maximum Gasteiger partial charge on any atom is 0.179 e. The minimum Gasteiger partial charge on any atom is -0.393 e. The first kappa shape index (κ1) is 8.75. The van der Waals surface area contributed by atoms with Crippen molar-refractivity contribution < 1.29 is 14.6 Å². The van der Waals surface area contributed by atoms with Gasteiger partial charge in [0.15, 0.2) is 5.67 Å². The van der Waals surface area contributed by atoms with Crippen molar-refractivity contribution >= 4 is 7.85 Å². The van der Waals surface area contributed by atoms with Gasteiger partial charge in [0.2, 0.25) is 0 Å². The van der Waals surface area contributed by atoms with E-state index in [1.807, 2.05) is 0 Å². The highest BCUT2D eigenvalue weighted by atomic mass is 19.1. The lowest BCUT2D eigenvalue weighted by Crippen LogP contribution is -2.37. The van der Waals surface area contributed by atoms with E-state index in [9.17, 15) is 4.39 Å². The van der Waals surface area contributed by atoms with E-state index >= 15 is 0 Å². The monoisotopic (exact) mass is 156 g/mol. The van der Waals surface area contributed by atoms with E-state index in [0.29, 0.717) is 0 Å². The molecule has 1 fully saturated rings. The topological polar surface area (TPSA) is 40.5 Å². The lowest BCUT2D eigenvalue weighted by atomic mass is 9.81. The van der Waals surface area contributed by atoms with Crippen LogP contribution in [0.25, 0.3) is 0 Å². The van der Waals surface area contributed by atoms with Gasteiger partial charge >= 0.3 is 0 Å². The van der Waals surface area contributed by atoms with Crippen molar-refractivity contribution in [2.24, 2.45) is 0 Å². The quantitative estimate of drug-likeness (QED) is 0.413. The zero-order chi connectivity index (χ0) is 8.65. The molecule has 0 saturated heterocycles. The molecule has 11 heavy (non-hydrogen) atoms. The van der Waals surface area contributed by atoms with Gasteiger partial charge in [0, 0.05) is 0 Å². The van der Waals surface area contributed by atoms with Crippen LogP contribution in [0.3, 0.4) is 0 Å². The third-order valence-electron chi connectivity index (χ3n) is 2.22. The second-order valence-corrected chi connectivity index (χ2v) is 2.90. The van der Waals surface area contributed by atoms with E-state index in [0.717, 1.165) is 0 Å². The molecule has 2 N–H and O–H groups in total. The van der Waals surface area contributed by atoms with Crippen LogP contribution in [0.2, 0.25) is 5.82 Å². The van der Waals surface area contributed by atoms with Gasteiger partial charge in [-0.1, -0.05) is 12.4 Å². The average Bonchev–Trinajstić information content (AvgIpc) is 2.16. The molecule has 2 nitrogen and oxygen atoms in total. The molecule has 0 aromatic heterocycles. The minimum atomic E-state index is -2.08. The van der Waals surface area contributed by atoms with Crippen LogP contribution in [0.15, 0.2) is 12.2 Å². The van der Waals surface area contributed by atoms with Gasteiger partial charge in [0.05, 0.1) is 20.6 Å². The van der Waals surface area contributed by atoms with Crippen LogP contribution in [0.5, 0.6) is 0 Å². The van der Waals surface area contributed by atoms with Crippen LogP contribution in [0.1, 0.15) is 6.42 Å². The number of halogens is 1. The summed E-state index contributed by atoms with van der Waals surface area (Å²) in [7, 11) is 5.41. The second-order valence-electron chi connectivity index (χ2n) is 2.90. The van der Waals surface area contributed by atoms with Gasteiger partial charge in [0.1, 0.15) is 0 Å². The number of rotatable bonds is 1. The molecule has 0 amide bonds. The lowest BCUT2D eigenvalue weighted by molar-refractivity contribution is -0.00206. The molecular formula is C7H10BFO2. The molecule has 0 aliphatic heterocycles. The molecule has 3 atom stereocenters. The fourth-order valence-electron chi connectivity index (χ4n) is 1.30. The largest absolute Gasteiger partial charge is 0.393 e. The molecule has 0 aromatic rings. The Bertz CT molecular complexity index is 185. The Morgan fingerprint density at radius 3 is 2.55 bits per heavy atom. The Kier molecular flexibility index (Phi) is 2.07. The van der Waals surface area contributed by atoms with E-state index in [4.69, 9.17) is 18.1 Å². The summed E-state index contributed by atoms with van der Waals surface area (Å²) in [5.74, 6) is -0.540. The highest BCUT2D eigenvalue weighted by molar-refractivity contribution is 6.14. The predicted molar refractivity (Wildman–Crippen MR) is 40.2 cm³/mol. The summed E-state index contributed by atoms with van der Waals surface area (Å²) in [5.41, 5.74) is -1.99. The van der Waals surface area contributed by atoms with Crippen LogP contribution < -0.4 is 0 Å². The van der Waals surface area contributed by atoms with E-state index in [2.05, 4.69) is 6.58 Å². The van der Waals surface area contributed by atoms with Gasteiger partial charge in [-0.15, -0.1) is 0 Å². The summed E-state index contributed by atoms with van der Waals surface area (Å²) < 4.78 is 13.4. The summed E-state index contributed by atoms with van der Waals surface area (Å²) >= 11 is 0. The van der Waals surface area contributed by atoms with Crippen LogP contribution in [0, 0.1) is 0 Å². The van der Waals surface area contributed by atoms with E-state index < -0.39 is 24.2 Å². The molecule has 0 heterocycles. The first-order chi connectivity index (χ1) is 5.02. The zero-order valence-electron chi connectivity index (χ0n) is 6.13. The van der Waals surface area contributed by atoms with Gasteiger partial charge in [-0.2, -0.15) is 0 Å². The Labute approximate surface area is 66.1 Å². The lowest BCUT2D eigenvalue weighted by Gasteiger charge is -2.22. The maximum atomic E-state index is 13.4. The summed E-state index contributed by atoms with van der Waals surface area (Å²) in [5, 5.41) is 17.7. The van der Waals surface area contributed by atoms with E-state index in [1.54, 1.807) is 0 Å². The van der Waals surface area contributed by atoms with E-state index in [-0.39, 0.29) is 12.0 Å².